The predicted molar refractivity (Wildman–Crippen MR) is 71.2 cm³/mol. The Morgan fingerprint density at radius 1 is 1.35 bits per heavy atom. The number of hydrogen-bond acceptors (Lipinski definition) is 2. The Balaban J connectivity index is 2.03. The van der Waals surface area contributed by atoms with Crippen LogP contribution in [0.2, 0.25) is 0 Å². The van der Waals surface area contributed by atoms with Gasteiger partial charge in [-0.15, -0.1) is 0 Å². The second kappa shape index (κ2) is 5.37. The summed E-state index contributed by atoms with van der Waals surface area (Å²) in [6.07, 6.45) is 7.92. The first-order valence-electron chi connectivity index (χ1n) is 6.37. The highest BCUT2D eigenvalue weighted by atomic mass is 16.3. The zero-order chi connectivity index (χ0) is 12.3. The van der Waals surface area contributed by atoms with Crippen LogP contribution in [0, 0.1) is 6.92 Å². The van der Waals surface area contributed by atoms with Gasteiger partial charge in [-0.2, -0.15) is 0 Å². The van der Waals surface area contributed by atoms with Crippen LogP contribution in [0.5, 0.6) is 5.75 Å². The van der Waals surface area contributed by atoms with Crippen molar-refractivity contribution in [2.75, 3.05) is 0 Å². The molecule has 0 heterocycles. The molecule has 2 atom stereocenters. The molecule has 0 aliphatic heterocycles. The van der Waals surface area contributed by atoms with Crippen molar-refractivity contribution in [1.82, 2.24) is 5.32 Å². The minimum atomic E-state index is 0.201. The molecule has 0 spiro atoms. The van der Waals surface area contributed by atoms with Crippen LogP contribution in [-0.4, -0.2) is 11.1 Å². The molecule has 2 N–H and O–H groups in total. The summed E-state index contributed by atoms with van der Waals surface area (Å²) in [4.78, 5) is 0. The number of aromatic hydroxyl groups is 1. The highest BCUT2D eigenvalue weighted by molar-refractivity contribution is 5.37. The van der Waals surface area contributed by atoms with Gasteiger partial charge in [0.2, 0.25) is 0 Å². The summed E-state index contributed by atoms with van der Waals surface area (Å²) in [6.45, 7) is 4.11. The number of allylic oxidation sites excluding steroid dienone is 1. The third-order valence-electron chi connectivity index (χ3n) is 3.41. The van der Waals surface area contributed by atoms with Crippen LogP contribution in [0.4, 0.5) is 0 Å². The molecular weight excluding hydrogens is 210 g/mol. The number of phenols is 1. The lowest BCUT2D eigenvalue weighted by Crippen LogP contribution is -2.32. The van der Waals surface area contributed by atoms with Crippen LogP contribution in [0.15, 0.2) is 30.4 Å². The lowest BCUT2D eigenvalue weighted by atomic mass is 9.99. The van der Waals surface area contributed by atoms with Crippen molar-refractivity contribution in [1.29, 1.82) is 0 Å². The predicted octanol–water partition coefficient (Wildman–Crippen LogP) is 3.46. The van der Waals surface area contributed by atoms with Gasteiger partial charge in [0.05, 0.1) is 0 Å². The van der Waals surface area contributed by atoms with Gasteiger partial charge in [-0.25, -0.2) is 0 Å². The summed E-state index contributed by atoms with van der Waals surface area (Å²) >= 11 is 0. The molecule has 0 saturated carbocycles. The zero-order valence-electron chi connectivity index (χ0n) is 10.6. The number of phenolic OH excluding ortho intramolecular Hbond substituents is 1. The molecule has 0 aromatic heterocycles. The maximum absolute atomic E-state index is 9.94. The monoisotopic (exact) mass is 231 g/mol. The highest BCUT2D eigenvalue weighted by Crippen LogP contribution is 2.26. The number of aryl methyl sites for hydroxylation is 1. The standard InChI is InChI=1S/C15H21NO/c1-11-8-9-14(15(17)10-11)12(2)16-13-6-4-3-5-7-13/h3-4,8-10,12-13,16-17H,5-7H2,1-2H3. The van der Waals surface area contributed by atoms with E-state index in [1.54, 1.807) is 0 Å². The lowest BCUT2D eigenvalue weighted by Gasteiger charge is -2.25. The smallest absolute Gasteiger partial charge is 0.120 e. The molecule has 1 aliphatic carbocycles. The Bertz CT molecular complexity index is 411. The number of rotatable bonds is 3. The summed E-state index contributed by atoms with van der Waals surface area (Å²) in [5, 5.41) is 13.5. The van der Waals surface area contributed by atoms with E-state index >= 15 is 0 Å². The van der Waals surface area contributed by atoms with E-state index in [0.29, 0.717) is 11.8 Å². The third-order valence-corrected chi connectivity index (χ3v) is 3.41. The largest absolute Gasteiger partial charge is 0.508 e. The first kappa shape index (κ1) is 12.2. The van der Waals surface area contributed by atoms with Gasteiger partial charge in [0.15, 0.2) is 0 Å². The summed E-state index contributed by atoms with van der Waals surface area (Å²) < 4.78 is 0. The second-order valence-electron chi connectivity index (χ2n) is 4.93. The van der Waals surface area contributed by atoms with Gasteiger partial charge in [0.1, 0.15) is 5.75 Å². The topological polar surface area (TPSA) is 32.3 Å². The zero-order valence-corrected chi connectivity index (χ0v) is 10.6. The average molecular weight is 231 g/mol. The van der Waals surface area contributed by atoms with Crippen LogP contribution in [0.25, 0.3) is 0 Å². The molecule has 2 nitrogen and oxygen atoms in total. The Labute approximate surface area is 103 Å². The van der Waals surface area contributed by atoms with E-state index in [2.05, 4.69) is 24.4 Å². The Kier molecular flexibility index (Phi) is 3.85. The fourth-order valence-electron chi connectivity index (χ4n) is 2.41. The summed E-state index contributed by atoms with van der Waals surface area (Å²) in [5.41, 5.74) is 2.09. The molecule has 2 rings (SSSR count). The third kappa shape index (κ3) is 3.10. The molecule has 0 amide bonds. The van der Waals surface area contributed by atoms with Crippen molar-refractivity contribution in [2.24, 2.45) is 0 Å². The Morgan fingerprint density at radius 2 is 2.18 bits per heavy atom. The first-order chi connectivity index (χ1) is 8.16. The van der Waals surface area contributed by atoms with E-state index in [1.807, 2.05) is 25.1 Å². The maximum Gasteiger partial charge on any atom is 0.120 e. The van der Waals surface area contributed by atoms with E-state index in [4.69, 9.17) is 0 Å². The molecule has 2 unspecified atom stereocenters. The molecule has 1 aromatic rings. The number of hydrogen-bond donors (Lipinski definition) is 2. The van der Waals surface area contributed by atoms with E-state index in [1.165, 1.54) is 6.42 Å². The minimum absolute atomic E-state index is 0.201. The number of nitrogens with one attached hydrogen (secondary N) is 1. The van der Waals surface area contributed by atoms with Crippen LogP contribution >= 0.6 is 0 Å². The maximum atomic E-state index is 9.94. The second-order valence-corrected chi connectivity index (χ2v) is 4.93. The van der Waals surface area contributed by atoms with Crippen LogP contribution in [0.3, 0.4) is 0 Å². The molecular formula is C15H21NO. The summed E-state index contributed by atoms with van der Waals surface area (Å²) in [6, 6.07) is 6.63. The van der Waals surface area contributed by atoms with Crippen LogP contribution in [0.1, 0.15) is 43.4 Å². The normalized spacial score (nSPS) is 21.4. The van der Waals surface area contributed by atoms with Gasteiger partial charge in [-0.1, -0.05) is 24.3 Å². The number of benzene rings is 1. The first-order valence-corrected chi connectivity index (χ1v) is 6.37. The van der Waals surface area contributed by atoms with E-state index in [9.17, 15) is 5.11 Å². The minimum Gasteiger partial charge on any atom is -0.508 e. The fourth-order valence-corrected chi connectivity index (χ4v) is 2.41. The molecule has 0 radical (unpaired) electrons. The quantitative estimate of drug-likeness (QED) is 0.781. The molecule has 0 bridgehead atoms. The lowest BCUT2D eigenvalue weighted by molar-refractivity contribution is 0.407. The molecule has 92 valence electrons. The molecule has 0 fully saturated rings. The van der Waals surface area contributed by atoms with Gasteiger partial charge in [0, 0.05) is 17.6 Å². The van der Waals surface area contributed by atoms with Crippen molar-refractivity contribution in [3.8, 4) is 5.75 Å². The van der Waals surface area contributed by atoms with Gasteiger partial charge in [-0.3, -0.25) is 0 Å². The van der Waals surface area contributed by atoms with E-state index in [0.717, 1.165) is 24.0 Å². The van der Waals surface area contributed by atoms with Gasteiger partial charge < -0.3 is 10.4 Å². The van der Waals surface area contributed by atoms with Crippen molar-refractivity contribution < 1.29 is 5.11 Å². The summed E-state index contributed by atoms with van der Waals surface area (Å²) in [5.74, 6) is 0.399. The van der Waals surface area contributed by atoms with E-state index in [-0.39, 0.29) is 6.04 Å². The SMILES string of the molecule is Cc1ccc(C(C)NC2CC=CCC2)c(O)c1. The van der Waals surface area contributed by atoms with Crippen LogP contribution < -0.4 is 5.32 Å². The Hall–Kier alpha value is -1.28. The molecule has 17 heavy (non-hydrogen) atoms. The van der Waals surface area contributed by atoms with Crippen molar-refractivity contribution in [3.63, 3.8) is 0 Å². The van der Waals surface area contributed by atoms with Crippen molar-refractivity contribution in [2.45, 2.75) is 45.2 Å². The van der Waals surface area contributed by atoms with Gasteiger partial charge in [-0.05, 0) is 44.7 Å². The molecule has 0 saturated heterocycles. The van der Waals surface area contributed by atoms with Gasteiger partial charge >= 0.3 is 0 Å². The highest BCUT2D eigenvalue weighted by Gasteiger charge is 2.16. The van der Waals surface area contributed by atoms with Gasteiger partial charge in [0.25, 0.3) is 0 Å². The van der Waals surface area contributed by atoms with E-state index < -0.39 is 0 Å². The molecule has 2 heteroatoms. The fraction of sp³-hybridized carbons (Fsp3) is 0.467. The molecule has 1 aromatic carbocycles. The van der Waals surface area contributed by atoms with Crippen molar-refractivity contribution >= 4 is 0 Å². The molecule has 1 aliphatic rings. The van der Waals surface area contributed by atoms with Crippen LogP contribution in [-0.2, 0) is 0 Å². The summed E-state index contributed by atoms with van der Waals surface area (Å²) in [7, 11) is 0. The average Bonchev–Trinajstić information content (AvgIpc) is 2.30. The Morgan fingerprint density at radius 3 is 2.82 bits per heavy atom. The van der Waals surface area contributed by atoms with Crippen molar-refractivity contribution in [3.05, 3.63) is 41.5 Å².